The number of piperazine rings is 8. The van der Waals surface area contributed by atoms with Crippen molar-refractivity contribution in [2.24, 2.45) is 5.41 Å². The van der Waals surface area contributed by atoms with E-state index in [4.69, 9.17) is 18.9 Å². The normalized spacial score (nSPS) is 20.2. The van der Waals surface area contributed by atoms with Gasteiger partial charge in [0.15, 0.2) is 0 Å². The van der Waals surface area contributed by atoms with Crippen LogP contribution in [-0.2, 0) is 57.3 Å². The molecular formula is C81H160N28O16. The number of carbonyl (C=O) groups is 8. The van der Waals surface area contributed by atoms with Crippen LogP contribution in [0.25, 0.3) is 0 Å². The summed E-state index contributed by atoms with van der Waals surface area (Å²) in [5.74, 6) is -2.73. The Bertz CT molecular complexity index is 2420. The van der Waals surface area contributed by atoms with Crippen LogP contribution >= 0.6 is 0 Å². The van der Waals surface area contributed by atoms with E-state index in [0.717, 1.165) is 209 Å². The first-order valence-electron chi connectivity index (χ1n) is 46.4. The molecule has 0 aromatic rings. The first-order chi connectivity index (χ1) is 60.8. The molecule has 0 spiro atoms. The second-order valence-electron chi connectivity index (χ2n) is 34.4. The highest BCUT2D eigenvalue weighted by Gasteiger charge is 2.36. The summed E-state index contributed by atoms with van der Waals surface area (Å²) in [6.45, 7) is 29.6. The molecule has 20 N–H and O–H groups in total. The van der Waals surface area contributed by atoms with E-state index in [0.29, 0.717) is 105 Å². The van der Waals surface area contributed by atoms with E-state index in [-0.39, 0.29) is 179 Å². The van der Waals surface area contributed by atoms with Crippen molar-refractivity contribution in [2.45, 2.75) is 24.4 Å². The largest absolute Gasteiger partial charge is 0.389 e. The minimum Gasteiger partial charge on any atom is -0.389 e. The van der Waals surface area contributed by atoms with Crippen LogP contribution in [-0.4, -0.2) is 596 Å². The molecular weight excluding hydrogens is 1620 g/mol. The van der Waals surface area contributed by atoms with E-state index in [2.05, 4.69) is 124 Å². The Morgan fingerprint density at radius 1 is 0.240 bits per heavy atom. The molecule has 8 aliphatic heterocycles. The zero-order chi connectivity index (χ0) is 88.6. The van der Waals surface area contributed by atoms with Gasteiger partial charge >= 0.3 is 0 Å². The molecule has 0 aromatic heterocycles. The van der Waals surface area contributed by atoms with Gasteiger partial charge in [0.2, 0.25) is 47.3 Å². The van der Waals surface area contributed by atoms with Crippen molar-refractivity contribution < 1.29 is 77.7 Å². The van der Waals surface area contributed by atoms with E-state index in [1.807, 2.05) is 0 Å². The van der Waals surface area contributed by atoms with E-state index in [1.54, 1.807) is 19.6 Å². The predicted molar refractivity (Wildman–Crippen MR) is 474 cm³/mol. The van der Waals surface area contributed by atoms with Gasteiger partial charge in [-0.25, -0.2) is 0 Å². The third-order valence-electron chi connectivity index (χ3n) is 23.4. The van der Waals surface area contributed by atoms with Gasteiger partial charge in [-0.1, -0.05) is 0 Å². The Balaban J connectivity index is 1.03. The molecule has 8 heterocycles. The number of rotatable bonds is 64. The minimum atomic E-state index is -1.47. The zero-order valence-corrected chi connectivity index (χ0v) is 74.9. The lowest BCUT2D eigenvalue weighted by Gasteiger charge is -2.35. The number of hydrogen-bond donors (Lipinski definition) is 20. The lowest BCUT2D eigenvalue weighted by molar-refractivity contribution is -0.136. The van der Waals surface area contributed by atoms with E-state index < -0.39 is 29.8 Å². The molecule has 8 fully saturated rings. The summed E-state index contributed by atoms with van der Waals surface area (Å²) in [6.07, 6.45) is -5.27. The molecule has 8 rings (SSSR count). The maximum Gasteiger partial charge on any atom is 0.234 e. The van der Waals surface area contributed by atoms with Gasteiger partial charge in [0, 0.05) is 340 Å². The summed E-state index contributed by atoms with van der Waals surface area (Å²) in [5, 5.41) is 99.1. The highest BCUT2D eigenvalue weighted by atomic mass is 16.5. The molecule has 44 heteroatoms. The van der Waals surface area contributed by atoms with Gasteiger partial charge in [0.25, 0.3) is 0 Å². The highest BCUT2D eigenvalue weighted by Crippen LogP contribution is 2.23. The Morgan fingerprint density at radius 3 is 0.496 bits per heavy atom. The van der Waals surface area contributed by atoms with Crippen molar-refractivity contribution >= 4 is 47.3 Å². The number of carbonyl (C=O) groups excluding carboxylic acids is 8. The first kappa shape index (κ1) is 105. The third kappa shape index (κ3) is 48.4. The number of amides is 8. The summed E-state index contributed by atoms with van der Waals surface area (Å²) in [7, 11) is 0. The van der Waals surface area contributed by atoms with Crippen LogP contribution in [0, 0.1) is 5.41 Å². The van der Waals surface area contributed by atoms with Crippen molar-refractivity contribution in [3.63, 3.8) is 0 Å². The standard InChI is InChI=1S/C81H160N28O16/c110-69(49-106(53-73(114)90-17-41-98-25-1-82-2-26-98)54-74(115)91-18-42-99-27-3-83-4-28-99)61-122-65-81(66-123-62-70(111)50-107(55-75(116)92-19-43-100-29-5-84-6-30-100)56-76(117)93-20-44-101-31-7-85-8-32-101,67-124-63-71(112)51-108(57-77(118)94-21-45-102-33-9-86-10-34-102)58-78(119)95-22-46-103-35-11-87-12-36-103)68-125-64-72(113)52-109(59-79(120)96-23-47-104-37-13-88-14-38-104)60-80(121)97-24-48-105-39-15-89-16-40-105/h69-72,82-89,110-113H,1-68H2,(H,90,114)(H,91,115)(H,92,116)(H,93,117)(H,94,118)(H,95,119)(H,96,120)(H,97,121). The molecule has 8 aliphatic rings. The molecule has 44 nitrogen and oxygen atoms in total. The molecule has 8 amide bonds. The summed E-state index contributed by atoms with van der Waals surface area (Å²) < 4.78 is 26.1. The summed E-state index contributed by atoms with van der Waals surface area (Å²) >= 11 is 0. The Morgan fingerprint density at radius 2 is 0.368 bits per heavy atom. The van der Waals surface area contributed by atoms with Crippen LogP contribution in [0.1, 0.15) is 0 Å². The topological polar surface area (TPSA) is 486 Å². The van der Waals surface area contributed by atoms with E-state index in [9.17, 15) is 58.8 Å². The lowest BCUT2D eigenvalue weighted by atomic mass is 9.92. The third-order valence-corrected chi connectivity index (χ3v) is 23.4. The molecule has 0 aliphatic carbocycles. The van der Waals surface area contributed by atoms with Crippen LogP contribution in [0.3, 0.4) is 0 Å². The van der Waals surface area contributed by atoms with Crippen molar-refractivity contribution in [3.05, 3.63) is 0 Å². The number of aliphatic hydroxyl groups excluding tert-OH is 4. The van der Waals surface area contributed by atoms with Crippen molar-refractivity contribution in [1.29, 1.82) is 0 Å². The van der Waals surface area contributed by atoms with Crippen molar-refractivity contribution in [2.75, 3.05) is 446 Å². The fourth-order valence-electron chi connectivity index (χ4n) is 16.4. The Labute approximate surface area is 741 Å². The molecule has 720 valence electrons. The number of aliphatic hydroxyl groups is 4. The summed E-state index contributed by atoms with van der Waals surface area (Å²) in [6, 6.07) is 0. The van der Waals surface area contributed by atoms with E-state index >= 15 is 0 Å². The van der Waals surface area contributed by atoms with Gasteiger partial charge in [-0.05, 0) is 0 Å². The monoisotopic (exact) mass is 1780 g/mol. The van der Waals surface area contributed by atoms with Gasteiger partial charge in [0.05, 0.1) is 135 Å². The van der Waals surface area contributed by atoms with Crippen LogP contribution in [0.4, 0.5) is 0 Å². The Hall–Kier alpha value is -5.36. The maximum atomic E-state index is 13.8. The van der Waals surface area contributed by atoms with Crippen LogP contribution in [0.5, 0.6) is 0 Å². The molecule has 8 saturated heterocycles. The molecule has 0 bridgehead atoms. The average Bonchev–Trinajstić information content (AvgIpc) is 0.854. The number of ether oxygens (including phenoxy) is 4. The molecule has 0 radical (unpaired) electrons. The van der Waals surface area contributed by atoms with Crippen LogP contribution in [0.2, 0.25) is 0 Å². The highest BCUT2D eigenvalue weighted by molar-refractivity contribution is 5.83. The smallest absolute Gasteiger partial charge is 0.234 e. The second kappa shape index (κ2) is 63.6. The van der Waals surface area contributed by atoms with Crippen LogP contribution in [0.15, 0.2) is 0 Å². The fourth-order valence-corrected chi connectivity index (χ4v) is 16.4. The lowest BCUT2D eigenvalue weighted by Crippen LogP contribution is -2.50. The van der Waals surface area contributed by atoms with Gasteiger partial charge < -0.3 is 124 Å². The average molecular weight is 1780 g/mol. The van der Waals surface area contributed by atoms with Gasteiger partial charge in [-0.3, -0.25) is 97.2 Å². The zero-order valence-electron chi connectivity index (χ0n) is 74.9. The first-order valence-corrected chi connectivity index (χ1v) is 46.4. The molecule has 125 heavy (non-hydrogen) atoms. The fraction of sp³-hybridized carbons (Fsp3) is 0.901. The van der Waals surface area contributed by atoms with Gasteiger partial charge in [-0.2, -0.15) is 0 Å². The quantitative estimate of drug-likeness (QED) is 0.0269. The maximum absolute atomic E-state index is 13.8. The summed E-state index contributed by atoms with van der Waals surface area (Å²) in [4.78, 5) is 135. The number of nitrogens with one attached hydrogen (secondary N) is 16. The second-order valence-corrected chi connectivity index (χ2v) is 34.4. The van der Waals surface area contributed by atoms with Crippen molar-refractivity contribution in [3.8, 4) is 0 Å². The molecule has 4 atom stereocenters. The number of nitrogens with zero attached hydrogens (tertiary/aromatic N) is 12. The number of hydrogen-bond acceptors (Lipinski definition) is 36. The predicted octanol–water partition coefficient (Wildman–Crippen LogP) is -15.1. The van der Waals surface area contributed by atoms with Crippen LogP contribution < -0.4 is 85.1 Å². The molecule has 0 aromatic carbocycles. The SMILES string of the molecule is O=C(CN(CC(=O)NCCN1CCNCC1)CC(O)COCC(COCC(O)CN(CC(=O)NCCN1CCNCC1)CC(=O)NCCN1CCNCC1)(COCC(O)CN(CC(=O)NCCN1CCNCC1)CC(=O)NCCN1CCNCC1)COCC(O)CN(CC(=O)NCCN1CCNCC1)CC(=O)NCCN1CCNCC1)NCCN1CCNCC1. The summed E-state index contributed by atoms with van der Waals surface area (Å²) in [5.41, 5.74) is -1.47. The van der Waals surface area contributed by atoms with E-state index in [1.165, 1.54) is 0 Å². The van der Waals surface area contributed by atoms with Crippen molar-refractivity contribution in [1.82, 2.24) is 144 Å². The molecule has 4 unspecified atom stereocenters. The van der Waals surface area contributed by atoms with Gasteiger partial charge in [0.1, 0.15) is 0 Å². The Kier molecular flexibility index (Phi) is 53.4. The molecule has 0 saturated carbocycles. The van der Waals surface area contributed by atoms with Gasteiger partial charge in [-0.15, -0.1) is 0 Å². The minimum absolute atomic E-state index is 0.186.